The van der Waals surface area contributed by atoms with Crippen LogP contribution in [0.25, 0.3) is 0 Å². The maximum absolute atomic E-state index is 7.18. The fraction of sp³-hybridized carbons (Fsp3) is 0.467. The lowest BCUT2D eigenvalue weighted by atomic mass is 9.89. The number of hydrogen-bond acceptors (Lipinski definition) is 7. The molecule has 0 spiro atoms. The second kappa shape index (κ2) is 18.6. The van der Waals surface area contributed by atoms with Gasteiger partial charge in [-0.1, -0.05) is 121 Å². The third-order valence-electron chi connectivity index (χ3n) is 10.8. The Morgan fingerprint density at radius 2 is 1.10 bits per heavy atom. The number of ether oxygens (including phenoxy) is 7. The summed E-state index contributed by atoms with van der Waals surface area (Å²) in [5.41, 5.74) is 4.12. The Balaban J connectivity index is 1.02. The quantitative estimate of drug-likeness (QED) is 0.108. The molecule has 0 bridgehead atoms. The molecule has 0 amide bonds. The molecule has 0 N–H and O–H groups in total. The van der Waals surface area contributed by atoms with Crippen LogP contribution in [0.1, 0.15) is 67.7 Å². The van der Waals surface area contributed by atoms with Crippen LogP contribution in [-0.2, 0) is 59.6 Å². The van der Waals surface area contributed by atoms with Gasteiger partial charge in [-0.15, -0.1) is 0 Å². The average Bonchev–Trinajstić information content (AvgIpc) is 3.31. The first-order valence-electron chi connectivity index (χ1n) is 19.1. The van der Waals surface area contributed by atoms with Gasteiger partial charge in [-0.2, -0.15) is 0 Å². The maximum atomic E-state index is 7.18. The van der Waals surface area contributed by atoms with E-state index in [-0.39, 0.29) is 42.7 Å². The molecule has 3 fully saturated rings. The van der Waals surface area contributed by atoms with Crippen molar-refractivity contribution in [2.24, 2.45) is 0 Å². The first-order chi connectivity index (χ1) is 25.6. The summed E-state index contributed by atoms with van der Waals surface area (Å²) in [7, 11) is 0. The minimum atomic E-state index is -0.505. The monoisotopic (exact) mass is 706 g/mol. The number of benzene rings is 4. The first kappa shape index (κ1) is 36.9. The molecule has 0 unspecified atom stereocenters. The maximum Gasteiger partial charge on any atom is 0.108 e. The van der Waals surface area contributed by atoms with Crippen molar-refractivity contribution in [1.82, 2.24) is 0 Å². The summed E-state index contributed by atoms with van der Waals surface area (Å²) in [5.74, 6) is 0. The van der Waals surface area contributed by atoms with Gasteiger partial charge in [0, 0.05) is 19.4 Å². The SMILES string of the molecule is C[C@@]1(CCCOCc2ccccc2)O[C@@H]2C[C@@H]3O[C@H](COCc4ccccc4)[C@@H](OCc4ccccc4)C[C@H]3O[C@H]2CC[C@H]1OCc1ccccc1. The Kier molecular flexibility index (Phi) is 13.2. The molecule has 7 heteroatoms. The summed E-state index contributed by atoms with van der Waals surface area (Å²) < 4.78 is 46.6. The van der Waals surface area contributed by atoms with E-state index in [1.165, 1.54) is 5.56 Å². The predicted octanol–water partition coefficient (Wildman–Crippen LogP) is 8.62. The second-order valence-electron chi connectivity index (χ2n) is 14.7. The lowest BCUT2D eigenvalue weighted by Crippen LogP contribution is -2.58. The molecule has 4 aromatic rings. The molecular weight excluding hydrogens is 652 g/mol. The van der Waals surface area contributed by atoms with Gasteiger partial charge in [-0.05, 0) is 54.9 Å². The van der Waals surface area contributed by atoms with E-state index in [0.717, 1.165) is 55.2 Å². The highest BCUT2D eigenvalue weighted by atomic mass is 16.6. The molecule has 3 aliphatic heterocycles. The molecule has 7 rings (SSSR count). The zero-order valence-electron chi connectivity index (χ0n) is 30.4. The molecule has 0 radical (unpaired) electrons. The van der Waals surface area contributed by atoms with Gasteiger partial charge < -0.3 is 33.2 Å². The summed E-state index contributed by atoms with van der Waals surface area (Å²) in [6.45, 7) is 5.54. The van der Waals surface area contributed by atoms with E-state index in [2.05, 4.69) is 79.7 Å². The summed E-state index contributed by atoms with van der Waals surface area (Å²) in [6, 6.07) is 41.3. The smallest absolute Gasteiger partial charge is 0.108 e. The van der Waals surface area contributed by atoms with E-state index in [4.69, 9.17) is 33.2 Å². The molecule has 276 valence electrons. The lowest BCUT2D eigenvalue weighted by Gasteiger charge is -2.48. The highest BCUT2D eigenvalue weighted by molar-refractivity contribution is 5.16. The van der Waals surface area contributed by atoms with Crippen molar-refractivity contribution in [3.8, 4) is 0 Å². The standard InChI is InChI=1S/C45H54O7/c1-45(25-14-26-46-29-34-15-6-2-7-16-34)44(49-32-37-21-12-5-13-22-37)24-23-38-42(52-45)28-41-40(50-38)27-39(48-31-36-19-10-4-11-20-36)43(51-41)33-47-30-35-17-8-3-9-18-35/h2-13,15-22,38-44H,14,23-33H2,1H3/t38-,39-,40+,41-,42+,43+,44+,45-/m0/s1. The highest BCUT2D eigenvalue weighted by Crippen LogP contribution is 2.42. The van der Waals surface area contributed by atoms with E-state index >= 15 is 0 Å². The van der Waals surface area contributed by atoms with Gasteiger partial charge in [0.05, 0.1) is 75.3 Å². The molecule has 0 saturated carbocycles. The van der Waals surface area contributed by atoms with Crippen molar-refractivity contribution in [1.29, 1.82) is 0 Å². The predicted molar refractivity (Wildman–Crippen MR) is 201 cm³/mol. The minimum Gasteiger partial charge on any atom is -0.377 e. The Morgan fingerprint density at radius 3 is 1.71 bits per heavy atom. The van der Waals surface area contributed by atoms with Crippen LogP contribution < -0.4 is 0 Å². The number of hydrogen-bond donors (Lipinski definition) is 0. The van der Waals surface area contributed by atoms with Gasteiger partial charge in [-0.25, -0.2) is 0 Å². The van der Waals surface area contributed by atoms with Crippen LogP contribution in [0.4, 0.5) is 0 Å². The number of rotatable bonds is 16. The van der Waals surface area contributed by atoms with Crippen LogP contribution in [0.2, 0.25) is 0 Å². The fourth-order valence-corrected chi connectivity index (χ4v) is 7.90. The molecular formula is C45H54O7. The number of fused-ring (bicyclic) bond motifs is 2. The summed E-state index contributed by atoms with van der Waals surface area (Å²) in [5, 5.41) is 0. The van der Waals surface area contributed by atoms with Crippen molar-refractivity contribution < 1.29 is 33.2 Å². The van der Waals surface area contributed by atoms with Crippen molar-refractivity contribution in [2.75, 3.05) is 13.2 Å². The molecule has 3 aliphatic rings. The Morgan fingerprint density at radius 1 is 0.558 bits per heavy atom. The van der Waals surface area contributed by atoms with Crippen molar-refractivity contribution in [2.45, 2.75) is 120 Å². The summed E-state index contributed by atoms with van der Waals surface area (Å²) >= 11 is 0. The minimum absolute atomic E-state index is 0.0375. The van der Waals surface area contributed by atoms with Gasteiger partial charge in [0.25, 0.3) is 0 Å². The summed E-state index contributed by atoms with van der Waals surface area (Å²) in [4.78, 5) is 0. The topological polar surface area (TPSA) is 64.6 Å². The van der Waals surface area contributed by atoms with E-state index in [1.54, 1.807) is 0 Å². The van der Waals surface area contributed by atoms with Crippen LogP contribution in [0.5, 0.6) is 0 Å². The fourth-order valence-electron chi connectivity index (χ4n) is 7.90. The van der Waals surface area contributed by atoms with Crippen LogP contribution in [0.3, 0.4) is 0 Å². The normalized spacial score (nSPS) is 28.8. The lowest BCUT2D eigenvalue weighted by molar-refractivity contribution is -0.275. The largest absolute Gasteiger partial charge is 0.377 e. The zero-order chi connectivity index (χ0) is 35.4. The van der Waals surface area contributed by atoms with Crippen LogP contribution >= 0.6 is 0 Å². The summed E-state index contributed by atoms with van der Waals surface area (Å²) in [6.07, 6.45) is 4.17. The molecule has 7 nitrogen and oxygen atoms in total. The molecule has 3 saturated heterocycles. The van der Waals surface area contributed by atoms with E-state index in [9.17, 15) is 0 Å². The van der Waals surface area contributed by atoms with Crippen LogP contribution in [0, 0.1) is 0 Å². The Hall–Kier alpha value is -3.40. The molecule has 4 aromatic carbocycles. The molecule has 0 aliphatic carbocycles. The molecule has 3 heterocycles. The van der Waals surface area contributed by atoms with Crippen molar-refractivity contribution >= 4 is 0 Å². The van der Waals surface area contributed by atoms with E-state index < -0.39 is 5.60 Å². The highest BCUT2D eigenvalue weighted by Gasteiger charge is 2.51. The van der Waals surface area contributed by atoms with Gasteiger partial charge in [-0.3, -0.25) is 0 Å². The third kappa shape index (κ3) is 10.2. The van der Waals surface area contributed by atoms with Gasteiger partial charge in [0.2, 0.25) is 0 Å². The van der Waals surface area contributed by atoms with Gasteiger partial charge >= 0.3 is 0 Å². The zero-order valence-corrected chi connectivity index (χ0v) is 30.4. The third-order valence-corrected chi connectivity index (χ3v) is 10.8. The van der Waals surface area contributed by atoms with Crippen LogP contribution in [-0.4, -0.2) is 61.5 Å². The Labute approximate surface area is 309 Å². The van der Waals surface area contributed by atoms with E-state index in [1.807, 2.05) is 48.5 Å². The second-order valence-corrected chi connectivity index (χ2v) is 14.7. The van der Waals surface area contributed by atoms with Gasteiger partial charge in [0.15, 0.2) is 0 Å². The van der Waals surface area contributed by atoms with Crippen molar-refractivity contribution in [3.63, 3.8) is 0 Å². The van der Waals surface area contributed by atoms with Crippen molar-refractivity contribution in [3.05, 3.63) is 144 Å². The Bertz CT molecular complexity index is 1590. The molecule has 8 atom stereocenters. The molecule has 0 aromatic heterocycles. The molecule has 52 heavy (non-hydrogen) atoms. The van der Waals surface area contributed by atoms with Crippen LogP contribution in [0.15, 0.2) is 121 Å². The first-order valence-corrected chi connectivity index (χ1v) is 19.1. The average molecular weight is 707 g/mol. The van der Waals surface area contributed by atoms with E-state index in [0.29, 0.717) is 39.6 Å². The van der Waals surface area contributed by atoms with Gasteiger partial charge in [0.1, 0.15) is 6.10 Å².